The predicted molar refractivity (Wildman–Crippen MR) is 92.4 cm³/mol. The van der Waals surface area contributed by atoms with E-state index >= 15 is 0 Å². The first-order valence-electron chi connectivity index (χ1n) is 7.84. The summed E-state index contributed by atoms with van der Waals surface area (Å²) in [7, 11) is 0. The highest BCUT2D eigenvalue weighted by atomic mass is 32.1. The first-order chi connectivity index (χ1) is 11.5. The lowest BCUT2D eigenvalue weighted by atomic mass is 10.0. The molecule has 1 N–H and O–H groups in total. The number of carbonyl (C=O) groups is 2. The van der Waals surface area contributed by atoms with E-state index in [-0.39, 0.29) is 5.91 Å². The third-order valence-corrected chi connectivity index (χ3v) is 5.06. The number of hydrogen-bond acceptors (Lipinski definition) is 5. The molecule has 0 bridgehead atoms. The minimum Gasteiger partial charge on any atom is -0.488 e. The van der Waals surface area contributed by atoms with Crippen LogP contribution in [0.1, 0.15) is 34.6 Å². The van der Waals surface area contributed by atoms with E-state index in [4.69, 9.17) is 9.47 Å². The van der Waals surface area contributed by atoms with Crippen molar-refractivity contribution in [2.24, 2.45) is 0 Å². The van der Waals surface area contributed by atoms with Crippen molar-refractivity contribution >= 4 is 23.2 Å². The second kappa shape index (κ2) is 6.65. The molecule has 2 aromatic rings. The molecule has 0 aliphatic carbocycles. The van der Waals surface area contributed by atoms with E-state index in [9.17, 15) is 9.59 Å². The number of esters is 1. The molecule has 24 heavy (non-hydrogen) atoms. The Hall–Kier alpha value is -2.34. The lowest BCUT2D eigenvalue weighted by Gasteiger charge is -2.19. The van der Waals surface area contributed by atoms with Crippen LogP contribution in [0.5, 0.6) is 5.75 Å². The van der Waals surface area contributed by atoms with Crippen LogP contribution in [0.3, 0.4) is 0 Å². The highest BCUT2D eigenvalue weighted by molar-refractivity contribution is 7.17. The Labute approximate surface area is 144 Å². The molecule has 0 saturated heterocycles. The molecule has 1 unspecified atom stereocenters. The number of rotatable bonds is 4. The first-order valence-corrected chi connectivity index (χ1v) is 8.66. The summed E-state index contributed by atoms with van der Waals surface area (Å²) in [5.74, 6) is 0.137. The second-order valence-corrected chi connectivity index (χ2v) is 6.70. The quantitative estimate of drug-likeness (QED) is 0.864. The summed E-state index contributed by atoms with van der Waals surface area (Å²) in [6, 6.07) is 7.08. The first kappa shape index (κ1) is 16.5. The van der Waals surface area contributed by atoms with Gasteiger partial charge in [0.05, 0.1) is 11.5 Å². The molecule has 2 heterocycles. The summed E-state index contributed by atoms with van der Waals surface area (Å²) in [4.78, 5) is 25.7. The molecule has 1 aliphatic rings. The summed E-state index contributed by atoms with van der Waals surface area (Å²) in [6.45, 7) is 6.12. The Balaban J connectivity index is 1.84. The number of thiophene rings is 1. The van der Waals surface area contributed by atoms with Gasteiger partial charge in [0.25, 0.3) is 5.91 Å². The Bertz CT molecular complexity index is 796. The average Bonchev–Trinajstić information content (AvgIpc) is 2.99. The largest absolute Gasteiger partial charge is 0.488 e. The minimum atomic E-state index is -0.679. The maximum Gasteiger partial charge on any atom is 0.328 e. The second-order valence-electron chi connectivity index (χ2n) is 5.65. The molecule has 1 atom stereocenters. The van der Waals surface area contributed by atoms with Crippen molar-refractivity contribution in [3.63, 3.8) is 0 Å². The fraction of sp³-hybridized carbons (Fsp3) is 0.333. The molecular formula is C18H19NO4S. The molecule has 0 radical (unpaired) electrons. The monoisotopic (exact) mass is 345 g/mol. The number of amides is 1. The summed E-state index contributed by atoms with van der Waals surface area (Å²) in [5, 5.41) is 2.68. The van der Waals surface area contributed by atoms with Crippen LogP contribution in [0.4, 0.5) is 0 Å². The average molecular weight is 345 g/mol. The maximum atomic E-state index is 12.4. The van der Waals surface area contributed by atoms with Crippen LogP contribution in [0.25, 0.3) is 10.4 Å². The molecule has 0 fully saturated rings. The number of hydrogen-bond donors (Lipinski definition) is 1. The molecule has 5 nitrogen and oxygen atoms in total. The van der Waals surface area contributed by atoms with Crippen molar-refractivity contribution in [3.8, 4) is 16.2 Å². The van der Waals surface area contributed by atoms with Crippen molar-refractivity contribution in [1.82, 2.24) is 5.32 Å². The zero-order valence-corrected chi connectivity index (χ0v) is 14.7. The molecule has 1 aromatic heterocycles. The van der Waals surface area contributed by atoms with Gasteiger partial charge in [-0.2, -0.15) is 0 Å². The van der Waals surface area contributed by atoms with Gasteiger partial charge in [0.15, 0.2) is 0 Å². The van der Waals surface area contributed by atoms with Crippen molar-refractivity contribution in [3.05, 3.63) is 40.3 Å². The van der Waals surface area contributed by atoms with Crippen molar-refractivity contribution in [2.75, 3.05) is 6.61 Å². The van der Waals surface area contributed by atoms with Gasteiger partial charge in [-0.05, 0) is 38.5 Å². The van der Waals surface area contributed by atoms with E-state index in [0.29, 0.717) is 18.1 Å². The van der Waals surface area contributed by atoms with Gasteiger partial charge in [-0.3, -0.25) is 4.79 Å². The molecule has 126 valence electrons. The highest BCUT2D eigenvalue weighted by Gasteiger charge is 2.25. The van der Waals surface area contributed by atoms with Gasteiger partial charge in [-0.15, -0.1) is 11.3 Å². The minimum absolute atomic E-state index is 0.273. The Morgan fingerprint density at radius 3 is 2.96 bits per heavy atom. The summed E-state index contributed by atoms with van der Waals surface area (Å²) < 4.78 is 10.7. The van der Waals surface area contributed by atoms with Crippen LogP contribution in [-0.2, 0) is 16.1 Å². The van der Waals surface area contributed by atoms with Crippen LogP contribution in [0, 0.1) is 6.92 Å². The van der Waals surface area contributed by atoms with E-state index in [0.717, 1.165) is 27.3 Å². The van der Waals surface area contributed by atoms with Crippen LogP contribution in [0.15, 0.2) is 24.3 Å². The standard InChI is InChI=1S/C18H19NO4S/c1-4-22-18(21)11(3)19-17(20)14-8-12-9-23-13-7-5-6-10(2)15(13)16(12)24-14/h5-8,11H,4,9H2,1-3H3,(H,19,20). The number of benzene rings is 1. The van der Waals surface area contributed by atoms with Gasteiger partial charge in [-0.25, -0.2) is 4.79 Å². The molecule has 1 aromatic carbocycles. The number of nitrogens with one attached hydrogen (secondary N) is 1. The SMILES string of the molecule is CCOC(=O)C(C)NC(=O)c1cc2c(s1)-c1c(C)cccc1OC2. The molecular weight excluding hydrogens is 326 g/mol. The van der Waals surface area contributed by atoms with Crippen molar-refractivity contribution < 1.29 is 19.1 Å². The molecule has 3 rings (SSSR count). The number of ether oxygens (including phenoxy) is 2. The zero-order chi connectivity index (χ0) is 17.3. The van der Waals surface area contributed by atoms with Gasteiger partial charge in [0, 0.05) is 16.0 Å². The van der Waals surface area contributed by atoms with Gasteiger partial charge in [-0.1, -0.05) is 12.1 Å². The van der Waals surface area contributed by atoms with Crippen LogP contribution >= 0.6 is 11.3 Å². The fourth-order valence-electron chi connectivity index (χ4n) is 2.66. The molecule has 0 saturated carbocycles. The third kappa shape index (κ3) is 3.01. The van der Waals surface area contributed by atoms with Gasteiger partial charge in [0.1, 0.15) is 18.4 Å². The highest BCUT2D eigenvalue weighted by Crippen LogP contribution is 2.44. The Kier molecular flexibility index (Phi) is 4.57. The van der Waals surface area contributed by atoms with Crippen LogP contribution < -0.4 is 10.1 Å². The van der Waals surface area contributed by atoms with Gasteiger partial charge >= 0.3 is 5.97 Å². The van der Waals surface area contributed by atoms with Gasteiger partial charge < -0.3 is 14.8 Å². The summed E-state index contributed by atoms with van der Waals surface area (Å²) in [5.41, 5.74) is 3.15. The van der Waals surface area contributed by atoms with Crippen molar-refractivity contribution in [1.29, 1.82) is 0 Å². The molecule has 6 heteroatoms. The Morgan fingerprint density at radius 1 is 1.42 bits per heavy atom. The van der Waals surface area contributed by atoms with Gasteiger partial charge in [0.2, 0.25) is 0 Å². The zero-order valence-electron chi connectivity index (χ0n) is 13.8. The fourth-order valence-corrected chi connectivity index (χ4v) is 3.85. The Morgan fingerprint density at radius 2 is 2.21 bits per heavy atom. The smallest absolute Gasteiger partial charge is 0.328 e. The molecule has 1 amide bonds. The molecule has 1 aliphatic heterocycles. The van der Waals surface area contributed by atoms with E-state index in [2.05, 4.69) is 5.32 Å². The topological polar surface area (TPSA) is 64.6 Å². The number of fused-ring (bicyclic) bond motifs is 3. The van der Waals surface area contributed by atoms with E-state index in [1.165, 1.54) is 11.3 Å². The summed E-state index contributed by atoms with van der Waals surface area (Å²) >= 11 is 1.42. The lowest BCUT2D eigenvalue weighted by molar-refractivity contribution is -0.144. The van der Waals surface area contributed by atoms with E-state index in [1.54, 1.807) is 13.8 Å². The van der Waals surface area contributed by atoms with Crippen LogP contribution in [0.2, 0.25) is 0 Å². The summed E-state index contributed by atoms with van der Waals surface area (Å²) in [6.07, 6.45) is 0. The maximum absolute atomic E-state index is 12.4. The van der Waals surface area contributed by atoms with E-state index < -0.39 is 12.0 Å². The van der Waals surface area contributed by atoms with Crippen LogP contribution in [-0.4, -0.2) is 24.5 Å². The lowest BCUT2D eigenvalue weighted by Crippen LogP contribution is -2.39. The predicted octanol–water partition coefficient (Wildman–Crippen LogP) is 3.30. The third-order valence-electron chi connectivity index (χ3n) is 3.87. The van der Waals surface area contributed by atoms with E-state index in [1.807, 2.05) is 31.2 Å². The normalized spacial score (nSPS) is 13.3. The van der Waals surface area contributed by atoms with Crippen molar-refractivity contribution in [2.45, 2.75) is 33.4 Å². The number of aryl methyl sites for hydroxylation is 1. The molecule has 0 spiro atoms. The number of carbonyl (C=O) groups excluding carboxylic acids is 2.